The smallest absolute Gasteiger partial charge is 0.219 e. The van der Waals surface area contributed by atoms with Gasteiger partial charge in [0, 0.05) is 24.5 Å². The highest BCUT2D eigenvalue weighted by Gasteiger charge is 2.06. The van der Waals surface area contributed by atoms with E-state index in [0.717, 1.165) is 52.9 Å². The Balaban J connectivity index is 1.10. The van der Waals surface area contributed by atoms with E-state index < -0.39 is 0 Å². The summed E-state index contributed by atoms with van der Waals surface area (Å²) in [5.74, 6) is 0.889. The number of hydrogen-bond donors (Lipinski definition) is 1. The first-order valence-electron chi connectivity index (χ1n) is 10.4. The van der Waals surface area contributed by atoms with Crippen molar-refractivity contribution in [2.75, 3.05) is 13.2 Å². The Bertz CT molecular complexity index is 1090. The van der Waals surface area contributed by atoms with Crippen LogP contribution in [0, 0.1) is 0 Å². The lowest BCUT2D eigenvalue weighted by atomic mass is 10.2. The number of ether oxygens (including phenoxy) is 1. The molecule has 2 aromatic carbocycles. The molecular weight excluding hydrogens is 394 g/mol. The van der Waals surface area contributed by atoms with Crippen LogP contribution in [-0.4, -0.2) is 29.0 Å². The number of para-hydroxylation sites is 2. The fourth-order valence-electron chi connectivity index (χ4n) is 3.35. The van der Waals surface area contributed by atoms with Gasteiger partial charge in [0.15, 0.2) is 0 Å². The molecule has 30 heavy (non-hydrogen) atoms. The van der Waals surface area contributed by atoms with Crippen molar-refractivity contribution < 1.29 is 9.53 Å². The number of aromatic nitrogens is 2. The lowest BCUT2D eigenvalue weighted by Crippen LogP contribution is -2.25. The van der Waals surface area contributed by atoms with Crippen molar-refractivity contribution in [3.05, 3.63) is 65.8 Å². The SMILES string of the molecule is O=C(CCCCc1nc2ccccc2s1)NCCCOc1cccc2cccnc12. The summed E-state index contributed by atoms with van der Waals surface area (Å²) in [7, 11) is 0. The number of nitrogens with zero attached hydrogens (tertiary/aromatic N) is 2. The van der Waals surface area contributed by atoms with Crippen molar-refractivity contribution in [1.29, 1.82) is 0 Å². The van der Waals surface area contributed by atoms with E-state index in [2.05, 4.69) is 21.4 Å². The number of thiazole rings is 1. The molecule has 4 rings (SSSR count). The minimum atomic E-state index is 0.103. The van der Waals surface area contributed by atoms with Crippen LogP contribution < -0.4 is 10.1 Å². The number of hydrogen-bond acceptors (Lipinski definition) is 5. The zero-order valence-corrected chi connectivity index (χ0v) is 17.7. The Morgan fingerprint density at radius 3 is 2.83 bits per heavy atom. The van der Waals surface area contributed by atoms with Gasteiger partial charge in [0.1, 0.15) is 11.3 Å². The summed E-state index contributed by atoms with van der Waals surface area (Å²) in [4.78, 5) is 21.1. The van der Waals surface area contributed by atoms with Crippen LogP contribution in [0.15, 0.2) is 60.8 Å². The molecule has 1 N–H and O–H groups in total. The van der Waals surface area contributed by atoms with Crippen molar-refractivity contribution in [3.8, 4) is 5.75 Å². The maximum absolute atomic E-state index is 12.0. The van der Waals surface area contributed by atoms with Crippen molar-refractivity contribution in [2.24, 2.45) is 0 Å². The van der Waals surface area contributed by atoms with Crippen LogP contribution in [-0.2, 0) is 11.2 Å². The van der Waals surface area contributed by atoms with Crippen LogP contribution in [0.5, 0.6) is 5.75 Å². The molecule has 0 saturated carbocycles. The van der Waals surface area contributed by atoms with Gasteiger partial charge in [0.05, 0.1) is 21.8 Å². The van der Waals surface area contributed by atoms with E-state index in [1.54, 1.807) is 17.5 Å². The first kappa shape index (κ1) is 20.3. The molecule has 2 heterocycles. The molecular formula is C24H25N3O2S. The zero-order chi connectivity index (χ0) is 20.6. The molecule has 0 unspecified atom stereocenters. The van der Waals surface area contributed by atoms with E-state index in [4.69, 9.17) is 4.74 Å². The van der Waals surface area contributed by atoms with Crippen molar-refractivity contribution in [3.63, 3.8) is 0 Å². The van der Waals surface area contributed by atoms with Gasteiger partial charge in [0.25, 0.3) is 0 Å². The van der Waals surface area contributed by atoms with Crippen LogP contribution in [0.4, 0.5) is 0 Å². The molecule has 0 aliphatic heterocycles. The third kappa shape index (κ3) is 5.33. The second-order valence-electron chi connectivity index (χ2n) is 7.17. The van der Waals surface area contributed by atoms with Gasteiger partial charge in [-0.05, 0) is 49.9 Å². The van der Waals surface area contributed by atoms with Crippen molar-refractivity contribution in [2.45, 2.75) is 32.1 Å². The highest BCUT2D eigenvalue weighted by Crippen LogP contribution is 2.23. The van der Waals surface area contributed by atoms with Crippen LogP contribution in [0.3, 0.4) is 0 Å². The Labute approximate surface area is 180 Å². The second-order valence-corrected chi connectivity index (χ2v) is 8.28. The number of fused-ring (bicyclic) bond motifs is 2. The minimum absolute atomic E-state index is 0.103. The van der Waals surface area contributed by atoms with Crippen LogP contribution >= 0.6 is 11.3 Å². The topological polar surface area (TPSA) is 64.1 Å². The van der Waals surface area contributed by atoms with E-state index >= 15 is 0 Å². The van der Waals surface area contributed by atoms with Gasteiger partial charge in [0.2, 0.25) is 5.91 Å². The second kappa shape index (κ2) is 10.2. The van der Waals surface area contributed by atoms with Gasteiger partial charge in [-0.15, -0.1) is 11.3 Å². The van der Waals surface area contributed by atoms with Gasteiger partial charge in [-0.1, -0.05) is 30.3 Å². The summed E-state index contributed by atoms with van der Waals surface area (Å²) in [6, 6.07) is 18.1. The van der Waals surface area contributed by atoms with E-state index in [-0.39, 0.29) is 5.91 Å². The largest absolute Gasteiger partial charge is 0.491 e. The normalized spacial score (nSPS) is 11.1. The third-order valence-corrected chi connectivity index (χ3v) is 5.98. The molecule has 0 atom stereocenters. The first-order valence-corrected chi connectivity index (χ1v) is 11.2. The first-order chi connectivity index (χ1) is 14.8. The number of amides is 1. The van der Waals surface area contributed by atoms with Gasteiger partial charge < -0.3 is 10.1 Å². The molecule has 0 spiro atoms. The van der Waals surface area contributed by atoms with E-state index in [9.17, 15) is 4.79 Å². The molecule has 0 radical (unpaired) electrons. The fourth-order valence-corrected chi connectivity index (χ4v) is 4.36. The summed E-state index contributed by atoms with van der Waals surface area (Å²) in [5.41, 5.74) is 1.94. The Kier molecular flexibility index (Phi) is 6.87. The molecule has 0 aliphatic carbocycles. The summed E-state index contributed by atoms with van der Waals surface area (Å²) in [6.45, 7) is 1.17. The average molecular weight is 420 g/mol. The number of pyridine rings is 1. The summed E-state index contributed by atoms with van der Waals surface area (Å²) in [6.07, 6.45) is 5.87. The molecule has 6 heteroatoms. The van der Waals surface area contributed by atoms with Crippen LogP contribution in [0.2, 0.25) is 0 Å². The predicted molar refractivity (Wildman–Crippen MR) is 122 cm³/mol. The molecule has 0 saturated heterocycles. The van der Waals surface area contributed by atoms with E-state index in [1.165, 1.54) is 4.70 Å². The molecule has 0 bridgehead atoms. The molecule has 0 fully saturated rings. The molecule has 4 aromatic rings. The number of carbonyl (C=O) groups is 1. The maximum atomic E-state index is 12.0. The number of benzene rings is 2. The van der Waals surface area contributed by atoms with Crippen LogP contribution in [0.1, 0.15) is 30.7 Å². The summed E-state index contributed by atoms with van der Waals surface area (Å²) in [5, 5.41) is 5.19. The quantitative estimate of drug-likeness (QED) is 0.361. The number of carbonyl (C=O) groups excluding carboxylic acids is 1. The van der Waals surface area contributed by atoms with E-state index in [1.807, 2.05) is 48.5 Å². The monoisotopic (exact) mass is 419 g/mol. The standard InChI is InChI=1S/C24H25N3O2S/c28-22(13-3-4-14-23-27-19-10-1-2-12-21(19)30-23)25-16-7-17-29-20-11-5-8-18-9-6-15-26-24(18)20/h1-2,5-6,8-12,15H,3-4,7,13-14,16-17H2,(H,25,28). The third-order valence-electron chi connectivity index (χ3n) is 4.88. The Hall–Kier alpha value is -2.99. The average Bonchev–Trinajstić information content (AvgIpc) is 3.19. The Morgan fingerprint density at radius 1 is 1.00 bits per heavy atom. The van der Waals surface area contributed by atoms with Crippen LogP contribution in [0.25, 0.3) is 21.1 Å². The lowest BCUT2D eigenvalue weighted by molar-refractivity contribution is -0.121. The summed E-state index contributed by atoms with van der Waals surface area (Å²) >= 11 is 1.74. The highest BCUT2D eigenvalue weighted by atomic mass is 32.1. The van der Waals surface area contributed by atoms with Crippen molar-refractivity contribution >= 4 is 38.4 Å². The summed E-state index contributed by atoms with van der Waals surface area (Å²) < 4.78 is 7.08. The van der Waals surface area contributed by atoms with Gasteiger partial charge in [-0.25, -0.2) is 4.98 Å². The molecule has 5 nitrogen and oxygen atoms in total. The van der Waals surface area contributed by atoms with Gasteiger partial charge >= 0.3 is 0 Å². The molecule has 1 amide bonds. The maximum Gasteiger partial charge on any atom is 0.219 e. The molecule has 0 aliphatic rings. The number of rotatable bonds is 10. The minimum Gasteiger partial charge on any atom is -0.491 e. The number of nitrogens with one attached hydrogen (secondary N) is 1. The lowest BCUT2D eigenvalue weighted by Gasteiger charge is -2.09. The fraction of sp³-hybridized carbons (Fsp3) is 0.292. The van der Waals surface area contributed by atoms with E-state index in [0.29, 0.717) is 19.6 Å². The zero-order valence-electron chi connectivity index (χ0n) is 16.8. The Morgan fingerprint density at radius 2 is 1.90 bits per heavy atom. The highest BCUT2D eigenvalue weighted by molar-refractivity contribution is 7.18. The van der Waals surface area contributed by atoms with Gasteiger partial charge in [-0.2, -0.15) is 0 Å². The van der Waals surface area contributed by atoms with Crippen molar-refractivity contribution in [1.82, 2.24) is 15.3 Å². The predicted octanol–water partition coefficient (Wildman–Crippen LogP) is 5.14. The number of unbranched alkanes of at least 4 members (excludes halogenated alkanes) is 1. The molecule has 154 valence electrons. The van der Waals surface area contributed by atoms with Gasteiger partial charge in [-0.3, -0.25) is 9.78 Å². The number of aryl methyl sites for hydroxylation is 1. The molecule has 2 aromatic heterocycles.